The molecule has 31 heavy (non-hydrogen) atoms. The monoisotopic (exact) mass is 439 g/mol. The van der Waals surface area contributed by atoms with Gasteiger partial charge in [0.25, 0.3) is 0 Å². The Hall–Kier alpha value is -3.43. The van der Waals surface area contributed by atoms with Crippen molar-refractivity contribution >= 4 is 17.6 Å². The van der Waals surface area contributed by atoms with Gasteiger partial charge in [0.05, 0.1) is 13.2 Å². The van der Waals surface area contributed by atoms with Crippen molar-refractivity contribution in [2.24, 2.45) is 5.73 Å². The van der Waals surface area contributed by atoms with Gasteiger partial charge >= 0.3 is 12.2 Å². The van der Waals surface area contributed by atoms with E-state index in [9.17, 15) is 22.8 Å². The first-order chi connectivity index (χ1) is 14.6. The van der Waals surface area contributed by atoms with Gasteiger partial charge in [-0.2, -0.15) is 13.2 Å². The van der Waals surface area contributed by atoms with Gasteiger partial charge in [-0.3, -0.25) is 4.79 Å². The summed E-state index contributed by atoms with van der Waals surface area (Å²) in [5.74, 6) is -0.0423. The Labute approximate surface area is 177 Å². The van der Waals surface area contributed by atoms with Crippen LogP contribution in [-0.4, -0.2) is 31.8 Å². The van der Waals surface area contributed by atoms with E-state index in [1.54, 1.807) is 36.4 Å². The van der Waals surface area contributed by atoms with Crippen molar-refractivity contribution < 1.29 is 32.2 Å². The highest BCUT2D eigenvalue weighted by Crippen LogP contribution is 2.30. The number of methoxy groups -OCH3 is 1. The van der Waals surface area contributed by atoms with E-state index in [0.717, 1.165) is 11.1 Å². The second kappa shape index (κ2) is 10.6. The van der Waals surface area contributed by atoms with Crippen LogP contribution >= 0.6 is 0 Å². The number of nitrogens with two attached hydrogens (primary N) is 1. The van der Waals surface area contributed by atoms with E-state index in [1.807, 2.05) is 6.92 Å². The van der Waals surface area contributed by atoms with E-state index in [4.69, 9.17) is 15.2 Å². The summed E-state index contributed by atoms with van der Waals surface area (Å²) in [6, 6.07) is 10.5. The molecule has 0 aromatic heterocycles. The van der Waals surface area contributed by atoms with Gasteiger partial charge in [-0.1, -0.05) is 18.2 Å². The van der Waals surface area contributed by atoms with Gasteiger partial charge in [-0.25, -0.2) is 4.79 Å². The molecule has 0 radical (unpaired) electrons. The summed E-state index contributed by atoms with van der Waals surface area (Å²) in [5.41, 5.74) is 7.18. The lowest BCUT2D eigenvalue weighted by atomic mass is 10.1. The smallest absolute Gasteiger partial charge is 0.422 e. The molecular formula is C21H24F3N3O4. The average molecular weight is 439 g/mol. The fraction of sp³-hybridized carbons (Fsp3) is 0.333. The summed E-state index contributed by atoms with van der Waals surface area (Å²) < 4.78 is 46.8. The number of urea groups is 1. The lowest BCUT2D eigenvalue weighted by Gasteiger charge is -2.16. The molecule has 4 N–H and O–H groups in total. The molecular weight excluding hydrogens is 415 g/mol. The number of carbonyl (C=O) groups excluding carboxylic acids is 2. The van der Waals surface area contributed by atoms with Crippen molar-refractivity contribution in [1.82, 2.24) is 5.32 Å². The highest BCUT2D eigenvalue weighted by atomic mass is 19.4. The Morgan fingerprint density at radius 3 is 2.35 bits per heavy atom. The third-order valence-corrected chi connectivity index (χ3v) is 4.32. The summed E-state index contributed by atoms with van der Waals surface area (Å²) in [6.45, 7) is 0.410. The maximum absolute atomic E-state index is 12.3. The molecule has 0 aliphatic carbocycles. The van der Waals surface area contributed by atoms with Crippen LogP contribution in [0.3, 0.4) is 0 Å². The maximum atomic E-state index is 12.3. The average Bonchev–Trinajstić information content (AvgIpc) is 2.70. The third kappa shape index (κ3) is 8.07. The largest absolute Gasteiger partial charge is 0.493 e. The van der Waals surface area contributed by atoms with Crippen molar-refractivity contribution in [1.29, 1.82) is 0 Å². The first-order valence-corrected chi connectivity index (χ1v) is 9.39. The number of rotatable bonds is 9. The Morgan fingerprint density at radius 1 is 1.10 bits per heavy atom. The van der Waals surface area contributed by atoms with Crippen LogP contribution in [0.1, 0.15) is 30.5 Å². The number of alkyl halides is 3. The Balaban J connectivity index is 1.89. The summed E-state index contributed by atoms with van der Waals surface area (Å²) in [6.07, 6.45) is -3.90. The first-order valence-electron chi connectivity index (χ1n) is 9.39. The normalized spacial score (nSPS) is 12.0. The zero-order valence-electron chi connectivity index (χ0n) is 17.1. The van der Waals surface area contributed by atoms with Crippen LogP contribution in [-0.2, 0) is 11.2 Å². The van der Waals surface area contributed by atoms with Crippen LogP contribution in [0.4, 0.5) is 23.7 Å². The minimum Gasteiger partial charge on any atom is -0.493 e. The van der Waals surface area contributed by atoms with E-state index >= 15 is 0 Å². The number of amides is 3. The van der Waals surface area contributed by atoms with E-state index in [2.05, 4.69) is 10.6 Å². The molecule has 0 aliphatic rings. The standard InChI is InChI=1S/C21H24F3N3O4/c1-13(15-5-7-16(8-6-15)27-20(25)29)26-19(28)10-4-14-3-9-17(18(11-14)30-2)31-12-21(22,23)24/h3,5-9,11,13H,4,10,12H2,1-2H3,(H,26,28)(H3,25,27,29). The van der Waals surface area contributed by atoms with Crippen molar-refractivity contribution in [3.8, 4) is 11.5 Å². The Kier molecular flexibility index (Phi) is 8.12. The molecule has 0 aliphatic heterocycles. The Bertz CT molecular complexity index is 902. The molecule has 2 aromatic carbocycles. The fourth-order valence-corrected chi connectivity index (χ4v) is 2.80. The highest BCUT2D eigenvalue weighted by molar-refractivity contribution is 5.87. The number of nitrogens with one attached hydrogen (secondary N) is 2. The second-order valence-corrected chi connectivity index (χ2v) is 6.79. The number of hydrogen-bond acceptors (Lipinski definition) is 4. The number of halogens is 3. The van der Waals surface area contributed by atoms with Gasteiger partial charge in [0.15, 0.2) is 18.1 Å². The minimum atomic E-state index is -4.45. The van der Waals surface area contributed by atoms with Crippen LogP contribution in [0, 0.1) is 0 Å². The molecule has 0 saturated carbocycles. The molecule has 0 bridgehead atoms. The molecule has 0 saturated heterocycles. The van der Waals surface area contributed by atoms with E-state index in [1.165, 1.54) is 13.2 Å². The van der Waals surface area contributed by atoms with Crippen LogP contribution in [0.2, 0.25) is 0 Å². The molecule has 10 heteroatoms. The van der Waals surface area contributed by atoms with E-state index < -0.39 is 18.8 Å². The summed E-state index contributed by atoms with van der Waals surface area (Å²) >= 11 is 0. The highest BCUT2D eigenvalue weighted by Gasteiger charge is 2.29. The minimum absolute atomic E-state index is 0.0177. The molecule has 0 heterocycles. The number of anilines is 1. The van der Waals surface area contributed by atoms with Crippen LogP contribution in [0.15, 0.2) is 42.5 Å². The number of hydrogen-bond donors (Lipinski definition) is 3. The molecule has 2 rings (SSSR count). The molecule has 3 amide bonds. The zero-order chi connectivity index (χ0) is 23.0. The topological polar surface area (TPSA) is 103 Å². The molecule has 1 atom stereocenters. The number of carbonyl (C=O) groups is 2. The molecule has 7 nitrogen and oxygen atoms in total. The number of aryl methyl sites for hydroxylation is 1. The maximum Gasteiger partial charge on any atom is 0.422 e. The van der Waals surface area contributed by atoms with Gasteiger partial charge in [0.1, 0.15) is 0 Å². The van der Waals surface area contributed by atoms with E-state index in [0.29, 0.717) is 12.1 Å². The van der Waals surface area contributed by atoms with Crippen LogP contribution in [0.5, 0.6) is 11.5 Å². The second-order valence-electron chi connectivity index (χ2n) is 6.79. The van der Waals surface area contributed by atoms with Crippen molar-refractivity contribution in [3.05, 3.63) is 53.6 Å². The number of primary amides is 1. The quantitative estimate of drug-likeness (QED) is 0.551. The van der Waals surface area contributed by atoms with Crippen LogP contribution < -0.4 is 25.8 Å². The van der Waals surface area contributed by atoms with Crippen LogP contribution in [0.25, 0.3) is 0 Å². The molecule has 1 unspecified atom stereocenters. The van der Waals surface area contributed by atoms with Crippen molar-refractivity contribution in [3.63, 3.8) is 0 Å². The van der Waals surface area contributed by atoms with Gasteiger partial charge in [0.2, 0.25) is 5.91 Å². The first kappa shape index (κ1) is 23.8. The lowest BCUT2D eigenvalue weighted by molar-refractivity contribution is -0.153. The zero-order valence-corrected chi connectivity index (χ0v) is 17.1. The van der Waals surface area contributed by atoms with Gasteiger partial charge in [-0.15, -0.1) is 0 Å². The molecule has 0 fully saturated rings. The van der Waals surface area contributed by atoms with Crippen molar-refractivity contribution in [2.75, 3.05) is 19.0 Å². The summed E-state index contributed by atoms with van der Waals surface area (Å²) in [4.78, 5) is 23.1. The van der Waals surface area contributed by atoms with Gasteiger partial charge < -0.3 is 25.8 Å². The molecule has 168 valence electrons. The number of benzene rings is 2. The van der Waals surface area contributed by atoms with E-state index in [-0.39, 0.29) is 29.9 Å². The SMILES string of the molecule is COc1cc(CCC(=O)NC(C)c2ccc(NC(N)=O)cc2)ccc1OCC(F)(F)F. The lowest BCUT2D eigenvalue weighted by Crippen LogP contribution is -2.26. The molecule has 0 spiro atoms. The van der Waals surface area contributed by atoms with Gasteiger partial charge in [0, 0.05) is 12.1 Å². The Morgan fingerprint density at radius 2 is 1.77 bits per heavy atom. The predicted molar refractivity (Wildman–Crippen MR) is 109 cm³/mol. The van der Waals surface area contributed by atoms with Crippen molar-refractivity contribution in [2.45, 2.75) is 32.0 Å². The van der Waals surface area contributed by atoms with Gasteiger partial charge in [-0.05, 0) is 48.7 Å². The predicted octanol–water partition coefficient (Wildman–Crippen LogP) is 3.94. The number of ether oxygens (including phenoxy) is 2. The third-order valence-electron chi connectivity index (χ3n) is 4.32. The fourth-order valence-electron chi connectivity index (χ4n) is 2.80. The summed E-state index contributed by atoms with van der Waals surface area (Å²) in [7, 11) is 1.33. The molecule has 2 aromatic rings. The summed E-state index contributed by atoms with van der Waals surface area (Å²) in [5, 5.41) is 5.33.